The zero-order valence-corrected chi connectivity index (χ0v) is 22.1. The summed E-state index contributed by atoms with van der Waals surface area (Å²) < 4.78 is 30.0. The Morgan fingerprint density at radius 2 is 1.84 bits per heavy atom. The summed E-state index contributed by atoms with van der Waals surface area (Å²) in [6, 6.07) is 18.0. The summed E-state index contributed by atoms with van der Waals surface area (Å²) in [6.45, 7) is 5.79. The van der Waals surface area contributed by atoms with Crippen molar-refractivity contribution >= 4 is 17.7 Å². The van der Waals surface area contributed by atoms with Crippen molar-refractivity contribution in [2.24, 2.45) is 0 Å². The average Bonchev–Trinajstić information content (AvgIpc) is 2.91. The molecule has 1 aliphatic rings. The lowest BCUT2D eigenvalue weighted by Crippen LogP contribution is -2.36. The summed E-state index contributed by atoms with van der Waals surface area (Å²) in [7, 11) is 0. The molecule has 8 heteroatoms. The minimum absolute atomic E-state index is 0.276. The normalized spacial score (nSPS) is 13.4. The van der Waals surface area contributed by atoms with Crippen molar-refractivity contribution in [1.82, 2.24) is 4.90 Å². The van der Waals surface area contributed by atoms with Gasteiger partial charge < -0.3 is 19.3 Å². The van der Waals surface area contributed by atoms with Gasteiger partial charge in [0.1, 0.15) is 23.9 Å². The predicted molar refractivity (Wildman–Crippen MR) is 145 cm³/mol. The number of carbonyl (C=O) groups is 1. The zero-order chi connectivity index (χ0) is 26.7. The van der Waals surface area contributed by atoms with Crippen LogP contribution in [0, 0.1) is 24.6 Å². The van der Waals surface area contributed by atoms with Crippen LogP contribution in [-0.2, 0) is 21.9 Å². The van der Waals surface area contributed by atoms with E-state index in [-0.39, 0.29) is 12.4 Å². The van der Waals surface area contributed by atoms with Gasteiger partial charge in [-0.2, -0.15) is 0 Å². The largest absolute Gasteiger partial charge is 0.489 e. The van der Waals surface area contributed by atoms with Gasteiger partial charge in [0.25, 0.3) is 0 Å². The van der Waals surface area contributed by atoms with Crippen LogP contribution in [0.25, 0.3) is 0 Å². The number of halogens is 1. The molecule has 1 saturated heterocycles. The van der Waals surface area contributed by atoms with Crippen LogP contribution in [-0.4, -0.2) is 55.4 Å². The molecule has 0 aromatic heterocycles. The van der Waals surface area contributed by atoms with Gasteiger partial charge in [-0.15, -0.1) is 11.8 Å². The van der Waals surface area contributed by atoms with Crippen LogP contribution in [0.3, 0.4) is 0 Å². The maximum atomic E-state index is 13.3. The number of aliphatic carboxylic acids is 1. The number of hydrogen-bond donors (Lipinski definition) is 1. The van der Waals surface area contributed by atoms with Gasteiger partial charge in [0, 0.05) is 29.3 Å². The van der Waals surface area contributed by atoms with E-state index in [1.165, 1.54) is 12.1 Å². The Hall–Kier alpha value is -3.51. The van der Waals surface area contributed by atoms with Crippen LogP contribution < -0.4 is 9.47 Å². The predicted octanol–water partition coefficient (Wildman–Crippen LogP) is 5.15. The number of carboxylic acids is 1. The van der Waals surface area contributed by atoms with E-state index in [2.05, 4.69) is 22.8 Å². The number of carboxylic acid groups (broad SMARTS) is 1. The fraction of sp³-hybridized carbons (Fsp3) is 0.300. The van der Waals surface area contributed by atoms with E-state index in [9.17, 15) is 9.18 Å². The van der Waals surface area contributed by atoms with E-state index < -0.39 is 5.97 Å². The zero-order valence-electron chi connectivity index (χ0n) is 21.2. The quantitative estimate of drug-likeness (QED) is 0.284. The van der Waals surface area contributed by atoms with Crippen molar-refractivity contribution in [3.63, 3.8) is 0 Å². The topological polar surface area (TPSA) is 68.2 Å². The van der Waals surface area contributed by atoms with Crippen LogP contribution in [0.2, 0.25) is 0 Å². The number of aryl methyl sites for hydroxylation is 1. The molecule has 1 heterocycles. The molecule has 0 aliphatic carbocycles. The number of hydrogen-bond acceptors (Lipinski definition) is 6. The molecule has 198 valence electrons. The van der Waals surface area contributed by atoms with Gasteiger partial charge in [-0.3, -0.25) is 4.90 Å². The van der Waals surface area contributed by atoms with E-state index in [1.807, 2.05) is 31.2 Å². The van der Waals surface area contributed by atoms with E-state index in [0.717, 1.165) is 53.5 Å². The standard InChI is InChI=1S/C30H30FNO5S/c1-22-15-28(8-9-29(22)37-20-30(33)34)38-21-25-16-24(3-2-10-32-11-13-35-14-12-32)17-27(18-25)36-19-23-4-6-26(31)7-5-23/h4-9,15-18H,10-14,19-21H2,1H3,(H,33,34). The molecule has 0 radical (unpaired) electrons. The Labute approximate surface area is 226 Å². The van der Waals surface area contributed by atoms with Gasteiger partial charge in [-0.05, 0) is 72.1 Å². The molecule has 0 amide bonds. The van der Waals surface area contributed by atoms with Crippen LogP contribution in [0.15, 0.2) is 65.6 Å². The Balaban J connectivity index is 1.45. The molecular weight excluding hydrogens is 505 g/mol. The second-order valence-electron chi connectivity index (χ2n) is 8.87. The lowest BCUT2D eigenvalue weighted by atomic mass is 10.1. The van der Waals surface area contributed by atoms with Gasteiger partial charge in [-0.1, -0.05) is 24.0 Å². The summed E-state index contributed by atoms with van der Waals surface area (Å²) in [5.74, 6) is 7.23. The summed E-state index contributed by atoms with van der Waals surface area (Å²) in [4.78, 5) is 14.1. The number of ether oxygens (including phenoxy) is 3. The van der Waals surface area contributed by atoms with E-state index >= 15 is 0 Å². The first kappa shape index (κ1) is 27.5. The van der Waals surface area contributed by atoms with Crippen molar-refractivity contribution < 1.29 is 28.5 Å². The van der Waals surface area contributed by atoms with E-state index in [1.54, 1.807) is 30.0 Å². The minimum Gasteiger partial charge on any atom is -0.489 e. The summed E-state index contributed by atoms with van der Waals surface area (Å²) in [5, 5.41) is 8.84. The van der Waals surface area contributed by atoms with Crippen LogP contribution >= 0.6 is 11.8 Å². The smallest absolute Gasteiger partial charge is 0.341 e. The molecular formula is C30H30FNO5S. The van der Waals surface area contributed by atoms with Crippen LogP contribution in [0.4, 0.5) is 4.39 Å². The lowest BCUT2D eigenvalue weighted by Gasteiger charge is -2.24. The molecule has 0 bridgehead atoms. The highest BCUT2D eigenvalue weighted by Crippen LogP contribution is 2.29. The molecule has 3 aromatic rings. The SMILES string of the molecule is Cc1cc(SCc2cc(C#CCN3CCOCC3)cc(OCc3ccc(F)cc3)c2)ccc1OCC(=O)O. The maximum Gasteiger partial charge on any atom is 0.341 e. The first-order chi connectivity index (χ1) is 18.4. The highest BCUT2D eigenvalue weighted by molar-refractivity contribution is 7.98. The maximum absolute atomic E-state index is 13.3. The van der Waals surface area contributed by atoms with Crippen LogP contribution in [0.1, 0.15) is 22.3 Å². The van der Waals surface area contributed by atoms with Gasteiger partial charge in [0.15, 0.2) is 6.61 Å². The highest BCUT2D eigenvalue weighted by Gasteiger charge is 2.09. The van der Waals surface area contributed by atoms with Gasteiger partial charge in [-0.25, -0.2) is 9.18 Å². The number of morpholine rings is 1. The van der Waals surface area contributed by atoms with Crippen molar-refractivity contribution in [3.8, 4) is 23.3 Å². The summed E-state index contributed by atoms with van der Waals surface area (Å²) in [6.07, 6.45) is 0. The first-order valence-corrected chi connectivity index (χ1v) is 13.3. The summed E-state index contributed by atoms with van der Waals surface area (Å²) >= 11 is 1.66. The van der Waals surface area contributed by atoms with Crippen molar-refractivity contribution in [2.75, 3.05) is 39.5 Å². The first-order valence-electron chi connectivity index (χ1n) is 12.3. The third-order valence-corrected chi connectivity index (χ3v) is 6.89. The molecule has 1 N–H and O–H groups in total. The molecule has 0 spiro atoms. The van der Waals surface area contributed by atoms with Crippen molar-refractivity contribution in [3.05, 3.63) is 88.7 Å². The lowest BCUT2D eigenvalue weighted by molar-refractivity contribution is -0.139. The van der Waals surface area contributed by atoms with E-state index in [4.69, 9.17) is 19.3 Å². The fourth-order valence-corrected chi connectivity index (χ4v) is 4.76. The third kappa shape index (κ3) is 8.80. The number of benzene rings is 3. The monoisotopic (exact) mass is 535 g/mol. The summed E-state index contributed by atoms with van der Waals surface area (Å²) in [5.41, 5.74) is 3.69. The Bertz CT molecular complexity index is 1300. The number of rotatable bonds is 10. The minimum atomic E-state index is -1.01. The molecule has 38 heavy (non-hydrogen) atoms. The molecule has 0 unspecified atom stereocenters. The molecule has 1 fully saturated rings. The number of thioether (sulfide) groups is 1. The Kier molecular flexibility index (Phi) is 10.0. The molecule has 1 aliphatic heterocycles. The molecule has 6 nitrogen and oxygen atoms in total. The average molecular weight is 536 g/mol. The Morgan fingerprint density at radius 3 is 2.58 bits per heavy atom. The number of nitrogens with zero attached hydrogens (tertiary/aromatic N) is 1. The van der Waals surface area contributed by atoms with Crippen molar-refractivity contribution in [2.45, 2.75) is 24.2 Å². The Morgan fingerprint density at radius 1 is 1.05 bits per heavy atom. The molecule has 0 saturated carbocycles. The fourth-order valence-electron chi connectivity index (χ4n) is 3.84. The van der Waals surface area contributed by atoms with Gasteiger partial charge in [0.2, 0.25) is 0 Å². The molecule has 0 atom stereocenters. The second-order valence-corrected chi connectivity index (χ2v) is 9.92. The van der Waals surface area contributed by atoms with Crippen molar-refractivity contribution in [1.29, 1.82) is 0 Å². The third-order valence-electron chi connectivity index (χ3n) is 5.83. The van der Waals surface area contributed by atoms with Crippen LogP contribution in [0.5, 0.6) is 11.5 Å². The molecule has 3 aromatic carbocycles. The van der Waals surface area contributed by atoms with Gasteiger partial charge in [0.05, 0.1) is 19.8 Å². The van der Waals surface area contributed by atoms with Gasteiger partial charge >= 0.3 is 5.97 Å². The van der Waals surface area contributed by atoms with E-state index in [0.29, 0.717) is 30.4 Å². The molecule has 4 rings (SSSR count). The highest BCUT2D eigenvalue weighted by atomic mass is 32.2. The second kappa shape index (κ2) is 13.9.